The summed E-state index contributed by atoms with van der Waals surface area (Å²) >= 11 is 6.17. The van der Waals surface area contributed by atoms with Crippen molar-refractivity contribution in [3.63, 3.8) is 0 Å². The first kappa shape index (κ1) is 21.1. The Morgan fingerprint density at radius 3 is 2.55 bits per heavy atom. The van der Waals surface area contributed by atoms with E-state index in [2.05, 4.69) is 27.1 Å². The summed E-state index contributed by atoms with van der Waals surface area (Å²) in [7, 11) is 2.09. The minimum atomic E-state index is -0.448. The maximum Gasteiger partial charge on any atom is 0.339 e. The summed E-state index contributed by atoms with van der Waals surface area (Å²) < 4.78 is 5.01. The Balaban J connectivity index is 1.81. The number of ether oxygens (including phenoxy) is 1. The number of hydrogen-bond acceptors (Lipinski definition) is 6. The highest BCUT2D eigenvalue weighted by Gasteiger charge is 2.20. The Morgan fingerprint density at radius 1 is 1.17 bits per heavy atom. The number of halogens is 1. The van der Waals surface area contributed by atoms with Gasteiger partial charge in [-0.25, -0.2) is 9.78 Å². The van der Waals surface area contributed by atoms with Gasteiger partial charge in [0.2, 0.25) is 0 Å². The van der Waals surface area contributed by atoms with Crippen LogP contribution in [0.2, 0.25) is 5.02 Å². The molecule has 2 aromatic rings. The molecule has 1 aromatic heterocycles. The summed E-state index contributed by atoms with van der Waals surface area (Å²) in [6, 6.07) is 8.57. The second kappa shape index (κ2) is 9.24. The highest BCUT2D eigenvalue weighted by molar-refractivity contribution is 6.31. The smallest absolute Gasteiger partial charge is 0.339 e. The Morgan fingerprint density at radius 2 is 1.90 bits per heavy atom. The van der Waals surface area contributed by atoms with Crippen molar-refractivity contribution in [2.24, 2.45) is 0 Å². The zero-order valence-electron chi connectivity index (χ0n) is 16.9. The number of rotatable bonds is 5. The molecule has 0 unspecified atom stereocenters. The maximum atomic E-state index is 12.8. The first-order valence-corrected chi connectivity index (χ1v) is 9.96. The molecule has 0 aliphatic carbocycles. The van der Waals surface area contributed by atoms with E-state index in [-0.39, 0.29) is 18.2 Å². The zero-order chi connectivity index (χ0) is 21.0. The molecule has 0 spiro atoms. The van der Waals surface area contributed by atoms with Crippen LogP contribution in [0.1, 0.15) is 33.5 Å². The van der Waals surface area contributed by atoms with Crippen molar-refractivity contribution in [3.05, 3.63) is 52.3 Å². The number of aromatic nitrogens is 1. The van der Waals surface area contributed by atoms with Gasteiger partial charge in [-0.05, 0) is 51.2 Å². The monoisotopic (exact) mass is 416 g/mol. The Kier molecular flexibility index (Phi) is 6.71. The third-order valence-electron chi connectivity index (χ3n) is 4.86. The minimum absolute atomic E-state index is 0.222. The predicted octanol–water partition coefficient (Wildman–Crippen LogP) is 3.22. The molecule has 1 fully saturated rings. The number of anilines is 2. The molecule has 154 valence electrons. The SMILES string of the molecule is CCOC(=O)c1ccc(C(=O)Nc2cc(Cl)ccc2N2CCN(C)CC2)nc1C. The van der Waals surface area contributed by atoms with E-state index in [1.165, 1.54) is 6.07 Å². The van der Waals surface area contributed by atoms with Crippen LogP contribution in [-0.4, -0.2) is 61.6 Å². The summed E-state index contributed by atoms with van der Waals surface area (Å²) in [6.07, 6.45) is 0. The van der Waals surface area contributed by atoms with Crippen LogP contribution in [0.5, 0.6) is 0 Å². The molecule has 1 amide bonds. The molecule has 0 bridgehead atoms. The Hall–Kier alpha value is -2.64. The van der Waals surface area contributed by atoms with Gasteiger partial charge in [-0.3, -0.25) is 4.79 Å². The first-order valence-electron chi connectivity index (χ1n) is 9.58. The molecule has 3 rings (SSSR count). The molecule has 8 heteroatoms. The number of hydrogen-bond donors (Lipinski definition) is 1. The van der Waals surface area contributed by atoms with Gasteiger partial charge in [-0.2, -0.15) is 0 Å². The molecule has 0 saturated carbocycles. The fourth-order valence-corrected chi connectivity index (χ4v) is 3.40. The Labute approximate surface area is 175 Å². The molecule has 29 heavy (non-hydrogen) atoms. The number of piperazine rings is 1. The number of aryl methyl sites for hydroxylation is 1. The van der Waals surface area contributed by atoms with Gasteiger partial charge >= 0.3 is 5.97 Å². The molecule has 7 nitrogen and oxygen atoms in total. The lowest BCUT2D eigenvalue weighted by atomic mass is 10.1. The van der Waals surface area contributed by atoms with Crippen molar-refractivity contribution in [3.8, 4) is 0 Å². The lowest BCUT2D eigenvalue weighted by Gasteiger charge is -2.35. The van der Waals surface area contributed by atoms with Crippen molar-refractivity contribution in [1.29, 1.82) is 0 Å². The van der Waals surface area contributed by atoms with Crippen LogP contribution in [0.3, 0.4) is 0 Å². The molecule has 1 aliphatic heterocycles. The minimum Gasteiger partial charge on any atom is -0.462 e. The summed E-state index contributed by atoms with van der Waals surface area (Å²) in [5, 5.41) is 3.46. The second-order valence-electron chi connectivity index (χ2n) is 6.96. The first-order chi connectivity index (χ1) is 13.9. The van der Waals surface area contributed by atoms with Gasteiger partial charge in [0.15, 0.2) is 0 Å². The van der Waals surface area contributed by atoms with Crippen molar-refractivity contribution < 1.29 is 14.3 Å². The van der Waals surface area contributed by atoms with Crippen molar-refractivity contribution in [2.75, 3.05) is 50.1 Å². The molecule has 1 N–H and O–H groups in total. The van der Waals surface area contributed by atoms with Crippen LogP contribution in [0.25, 0.3) is 0 Å². The van der Waals surface area contributed by atoms with Crippen LogP contribution in [-0.2, 0) is 4.74 Å². The van der Waals surface area contributed by atoms with Crippen LogP contribution in [0.4, 0.5) is 11.4 Å². The van der Waals surface area contributed by atoms with Gasteiger partial charge < -0.3 is 19.9 Å². The summed E-state index contributed by atoms with van der Waals surface area (Å²) in [6.45, 7) is 7.34. The summed E-state index contributed by atoms with van der Waals surface area (Å²) in [5.41, 5.74) is 2.59. The molecule has 0 radical (unpaired) electrons. The average molecular weight is 417 g/mol. The number of benzene rings is 1. The predicted molar refractivity (Wildman–Crippen MR) is 114 cm³/mol. The van der Waals surface area contributed by atoms with E-state index in [9.17, 15) is 9.59 Å². The zero-order valence-corrected chi connectivity index (χ0v) is 17.6. The molecule has 2 heterocycles. The van der Waals surface area contributed by atoms with E-state index in [1.807, 2.05) is 12.1 Å². The van der Waals surface area contributed by atoms with Gasteiger partial charge in [-0.1, -0.05) is 11.6 Å². The number of amides is 1. The third kappa shape index (κ3) is 5.05. The van der Waals surface area contributed by atoms with Crippen LogP contribution in [0, 0.1) is 6.92 Å². The maximum absolute atomic E-state index is 12.8. The standard InChI is InChI=1S/C21H25ClN4O3/c1-4-29-21(28)16-6-7-17(23-14(16)2)20(27)24-18-13-15(22)5-8-19(18)26-11-9-25(3)10-12-26/h5-8,13H,4,9-12H2,1-3H3,(H,24,27). The highest BCUT2D eigenvalue weighted by Crippen LogP contribution is 2.30. The van der Waals surface area contributed by atoms with Crippen molar-refractivity contribution in [1.82, 2.24) is 9.88 Å². The lowest BCUT2D eigenvalue weighted by Crippen LogP contribution is -2.44. The largest absolute Gasteiger partial charge is 0.462 e. The van der Waals surface area contributed by atoms with Gasteiger partial charge in [0.25, 0.3) is 5.91 Å². The Bertz CT molecular complexity index is 911. The fourth-order valence-electron chi connectivity index (χ4n) is 3.23. The molecule has 1 aliphatic rings. The van der Waals surface area contributed by atoms with E-state index in [0.717, 1.165) is 31.9 Å². The summed E-state index contributed by atoms with van der Waals surface area (Å²) in [5.74, 6) is -0.808. The van der Waals surface area contributed by atoms with Gasteiger partial charge in [0, 0.05) is 31.2 Å². The van der Waals surface area contributed by atoms with Crippen LogP contribution >= 0.6 is 11.6 Å². The number of pyridine rings is 1. The number of esters is 1. The van der Waals surface area contributed by atoms with Gasteiger partial charge in [-0.15, -0.1) is 0 Å². The van der Waals surface area contributed by atoms with E-state index >= 15 is 0 Å². The van der Waals surface area contributed by atoms with E-state index in [1.54, 1.807) is 26.0 Å². The third-order valence-corrected chi connectivity index (χ3v) is 5.10. The van der Waals surface area contributed by atoms with Crippen LogP contribution < -0.4 is 10.2 Å². The van der Waals surface area contributed by atoms with Crippen molar-refractivity contribution >= 4 is 34.9 Å². The lowest BCUT2D eigenvalue weighted by molar-refractivity contribution is 0.0524. The van der Waals surface area contributed by atoms with E-state index in [0.29, 0.717) is 22.0 Å². The molecule has 1 saturated heterocycles. The number of carbonyl (C=O) groups is 2. The second-order valence-corrected chi connectivity index (χ2v) is 7.39. The van der Waals surface area contributed by atoms with E-state index < -0.39 is 5.97 Å². The normalized spacial score (nSPS) is 14.6. The highest BCUT2D eigenvalue weighted by atomic mass is 35.5. The van der Waals surface area contributed by atoms with Gasteiger partial charge in [0.1, 0.15) is 5.69 Å². The average Bonchev–Trinajstić information content (AvgIpc) is 2.69. The van der Waals surface area contributed by atoms with Gasteiger partial charge in [0.05, 0.1) is 29.2 Å². The molecule has 1 aromatic carbocycles. The summed E-state index contributed by atoms with van der Waals surface area (Å²) in [4.78, 5) is 33.5. The molecular formula is C21H25ClN4O3. The fraction of sp³-hybridized carbons (Fsp3) is 0.381. The quantitative estimate of drug-likeness (QED) is 0.754. The number of nitrogens with one attached hydrogen (secondary N) is 1. The molecule has 0 atom stereocenters. The van der Waals surface area contributed by atoms with Crippen molar-refractivity contribution in [2.45, 2.75) is 13.8 Å². The number of likely N-dealkylation sites (N-methyl/N-ethyl adjacent to an activating group) is 1. The van der Waals surface area contributed by atoms with Crippen LogP contribution in [0.15, 0.2) is 30.3 Å². The van der Waals surface area contributed by atoms with E-state index in [4.69, 9.17) is 16.3 Å². The topological polar surface area (TPSA) is 74.8 Å². The number of nitrogens with zero attached hydrogens (tertiary/aromatic N) is 3. The number of carbonyl (C=O) groups excluding carboxylic acids is 2. The molecular weight excluding hydrogens is 392 g/mol.